The maximum Gasteiger partial charge on any atom is 0.214 e. The zero-order chi connectivity index (χ0) is 19.5. The highest BCUT2D eigenvalue weighted by molar-refractivity contribution is 5.65. The van der Waals surface area contributed by atoms with Crippen molar-refractivity contribution < 1.29 is 0 Å². The summed E-state index contributed by atoms with van der Waals surface area (Å²) in [5.74, 6) is 4.57. The van der Waals surface area contributed by atoms with Crippen LogP contribution in [0.5, 0.6) is 0 Å². The molecule has 0 amide bonds. The van der Waals surface area contributed by atoms with Crippen LogP contribution in [0.3, 0.4) is 0 Å². The lowest BCUT2D eigenvalue weighted by Crippen LogP contribution is -2.62. The van der Waals surface area contributed by atoms with E-state index >= 15 is 0 Å². The molecule has 5 aliphatic rings. The number of hydrogen-bond donors (Lipinski definition) is 0. The second kappa shape index (κ2) is 5.27. The number of anilines is 1. The molecule has 4 heteroatoms. The van der Waals surface area contributed by atoms with E-state index in [-0.39, 0.29) is 5.54 Å². The number of benzene rings is 1. The van der Waals surface area contributed by atoms with Gasteiger partial charge in [-0.15, -0.1) is 0 Å². The van der Waals surface area contributed by atoms with Crippen LogP contribution in [-0.4, -0.2) is 14.0 Å². The molecule has 2 aromatic heterocycles. The molecule has 1 atom stereocenters. The van der Waals surface area contributed by atoms with Crippen molar-refractivity contribution in [2.75, 3.05) is 4.90 Å². The Bertz CT molecular complexity index is 1110. The highest BCUT2D eigenvalue weighted by Crippen LogP contribution is 2.68. The van der Waals surface area contributed by atoms with Crippen LogP contribution in [0.4, 0.5) is 5.69 Å². The minimum absolute atomic E-state index is 0.129. The van der Waals surface area contributed by atoms with E-state index in [4.69, 9.17) is 4.98 Å². The first-order valence-electron chi connectivity index (χ1n) is 11.5. The van der Waals surface area contributed by atoms with E-state index in [1.54, 1.807) is 5.69 Å². The quantitative estimate of drug-likeness (QED) is 0.573. The third-order valence-corrected chi connectivity index (χ3v) is 9.08. The van der Waals surface area contributed by atoms with Gasteiger partial charge in [0.2, 0.25) is 5.78 Å². The van der Waals surface area contributed by atoms with Gasteiger partial charge in [-0.25, -0.2) is 4.98 Å². The summed E-state index contributed by atoms with van der Waals surface area (Å²) in [5, 5.41) is 0. The van der Waals surface area contributed by atoms with E-state index < -0.39 is 0 Å². The van der Waals surface area contributed by atoms with Gasteiger partial charge in [-0.3, -0.25) is 4.40 Å². The molecular weight excluding hydrogens is 356 g/mol. The second-order valence-corrected chi connectivity index (χ2v) is 10.4. The number of fused-ring (bicyclic) bond motifs is 3. The molecule has 4 bridgehead atoms. The van der Waals surface area contributed by atoms with Crippen molar-refractivity contribution in [1.29, 1.82) is 0 Å². The molecule has 3 aromatic rings. The van der Waals surface area contributed by atoms with Gasteiger partial charge in [0.1, 0.15) is 0 Å². The van der Waals surface area contributed by atoms with Gasteiger partial charge in [-0.1, -0.05) is 18.2 Å². The lowest BCUT2D eigenvalue weighted by Gasteiger charge is -2.63. The fourth-order valence-electron chi connectivity index (χ4n) is 8.47. The minimum Gasteiger partial charge on any atom is -0.351 e. The Hall–Kier alpha value is -2.23. The molecule has 29 heavy (non-hydrogen) atoms. The van der Waals surface area contributed by atoms with Crippen LogP contribution in [-0.2, 0) is 12.6 Å². The Kier molecular flexibility index (Phi) is 3.01. The average molecular weight is 387 g/mol. The molecule has 4 fully saturated rings. The summed E-state index contributed by atoms with van der Waals surface area (Å²) in [6.45, 7) is 4.73. The molecule has 4 saturated carbocycles. The van der Waals surface area contributed by atoms with Crippen LogP contribution < -0.4 is 4.90 Å². The van der Waals surface area contributed by atoms with Gasteiger partial charge in [0.25, 0.3) is 0 Å². The van der Waals surface area contributed by atoms with E-state index in [0.717, 1.165) is 29.4 Å². The van der Waals surface area contributed by atoms with E-state index in [0.29, 0.717) is 6.04 Å². The predicted molar refractivity (Wildman–Crippen MR) is 115 cm³/mol. The Balaban J connectivity index is 1.56. The molecule has 1 aromatic carbocycles. The maximum atomic E-state index is 4.73. The number of aromatic nitrogens is 3. The van der Waals surface area contributed by atoms with Crippen molar-refractivity contribution in [2.24, 2.45) is 30.7 Å². The fourth-order valence-corrected chi connectivity index (χ4v) is 8.47. The lowest BCUT2D eigenvalue weighted by molar-refractivity contribution is -0.0629. The maximum absolute atomic E-state index is 4.73. The molecule has 3 heterocycles. The monoisotopic (exact) mass is 386 g/mol. The molecule has 4 nitrogen and oxygen atoms in total. The van der Waals surface area contributed by atoms with Crippen molar-refractivity contribution in [3.05, 3.63) is 53.6 Å². The van der Waals surface area contributed by atoms with Gasteiger partial charge >= 0.3 is 0 Å². The Labute approximate surface area is 172 Å². The smallest absolute Gasteiger partial charge is 0.214 e. The predicted octanol–water partition coefficient (Wildman–Crippen LogP) is 5.21. The summed E-state index contributed by atoms with van der Waals surface area (Å²) in [4.78, 5) is 7.61. The van der Waals surface area contributed by atoms with Crippen LogP contribution in [0, 0.1) is 30.6 Å². The fraction of sp³-hybridized carbons (Fsp3) is 0.560. The molecule has 4 aliphatic carbocycles. The van der Waals surface area contributed by atoms with Crippen LogP contribution in [0.1, 0.15) is 62.0 Å². The third kappa shape index (κ3) is 1.77. The van der Waals surface area contributed by atoms with Gasteiger partial charge in [0.05, 0.1) is 23.0 Å². The van der Waals surface area contributed by atoms with Crippen molar-refractivity contribution in [3.63, 3.8) is 0 Å². The summed E-state index contributed by atoms with van der Waals surface area (Å²) in [6, 6.07) is 9.44. The lowest BCUT2D eigenvalue weighted by atomic mass is 9.47. The van der Waals surface area contributed by atoms with Crippen molar-refractivity contribution in [3.8, 4) is 0 Å². The topological polar surface area (TPSA) is 25.5 Å². The second-order valence-electron chi connectivity index (χ2n) is 10.4. The van der Waals surface area contributed by atoms with Gasteiger partial charge < -0.3 is 9.47 Å². The number of aryl methyl sites for hydroxylation is 2. The van der Waals surface area contributed by atoms with Crippen LogP contribution in [0.25, 0.3) is 5.78 Å². The van der Waals surface area contributed by atoms with Gasteiger partial charge in [-0.2, -0.15) is 0 Å². The number of rotatable bonds is 1. The Morgan fingerprint density at radius 3 is 2.38 bits per heavy atom. The largest absolute Gasteiger partial charge is 0.351 e. The zero-order valence-electron chi connectivity index (χ0n) is 17.7. The van der Waals surface area contributed by atoms with Crippen LogP contribution in [0.2, 0.25) is 0 Å². The highest BCUT2D eigenvalue weighted by atomic mass is 15.4. The summed E-state index contributed by atoms with van der Waals surface area (Å²) >= 11 is 0. The van der Waals surface area contributed by atoms with Gasteiger partial charge in [0.15, 0.2) is 0 Å². The Morgan fingerprint density at radius 1 is 1.00 bits per heavy atom. The van der Waals surface area contributed by atoms with Crippen molar-refractivity contribution >= 4 is 11.5 Å². The van der Waals surface area contributed by atoms with Gasteiger partial charge in [-0.05, 0) is 81.3 Å². The van der Waals surface area contributed by atoms with Crippen molar-refractivity contribution in [1.82, 2.24) is 14.0 Å². The van der Waals surface area contributed by atoms with E-state index in [2.05, 4.69) is 65.2 Å². The number of nitrogens with zero attached hydrogens (tertiary/aromatic N) is 4. The molecular formula is C25H30N4. The average Bonchev–Trinajstić information content (AvgIpc) is 3.34. The SMILES string of the molecule is Cc1ccccc1N1C(C)c2c(n(C)c3nccn23)C12C1CC3CC(C1)CC2C3. The highest BCUT2D eigenvalue weighted by Gasteiger charge is 2.66. The summed E-state index contributed by atoms with van der Waals surface area (Å²) < 4.78 is 4.83. The van der Waals surface area contributed by atoms with Crippen LogP contribution >= 0.6 is 0 Å². The number of hydrogen-bond acceptors (Lipinski definition) is 2. The Morgan fingerprint density at radius 2 is 1.69 bits per heavy atom. The molecule has 0 radical (unpaired) electrons. The minimum atomic E-state index is 0.129. The first-order valence-corrected chi connectivity index (χ1v) is 11.5. The molecule has 1 aliphatic heterocycles. The molecule has 0 N–H and O–H groups in total. The number of para-hydroxylation sites is 1. The van der Waals surface area contributed by atoms with E-state index in [1.165, 1.54) is 49.0 Å². The van der Waals surface area contributed by atoms with Crippen molar-refractivity contribution in [2.45, 2.75) is 57.5 Å². The van der Waals surface area contributed by atoms with E-state index in [9.17, 15) is 0 Å². The molecule has 1 spiro atoms. The van der Waals surface area contributed by atoms with Crippen LogP contribution in [0.15, 0.2) is 36.7 Å². The zero-order valence-corrected chi connectivity index (χ0v) is 17.7. The normalized spacial score (nSPS) is 37.2. The summed E-state index contributed by atoms with van der Waals surface area (Å²) in [5.41, 5.74) is 6.03. The molecule has 150 valence electrons. The van der Waals surface area contributed by atoms with E-state index in [1.807, 2.05) is 6.20 Å². The van der Waals surface area contributed by atoms with Gasteiger partial charge in [0, 0.05) is 25.1 Å². The molecule has 8 rings (SSSR count). The first-order chi connectivity index (χ1) is 14.1. The number of imidazole rings is 2. The molecule has 1 unspecified atom stereocenters. The first kappa shape index (κ1) is 16.6. The summed E-state index contributed by atoms with van der Waals surface area (Å²) in [6.07, 6.45) is 11.3. The summed E-state index contributed by atoms with van der Waals surface area (Å²) in [7, 11) is 2.27. The third-order valence-electron chi connectivity index (χ3n) is 9.08. The molecule has 0 saturated heterocycles. The standard InChI is InChI=1S/C25H30N4/c1-15-6-4-5-7-21(15)29-16(2)22-23(27(3)24-26-8-9-28(22)24)25(29)19-11-17-10-18(13-19)14-20(25)12-17/h4-9,16-20H,10-14H2,1-3H3.